The molecule has 0 heterocycles. The van der Waals surface area contributed by atoms with Gasteiger partial charge in [0, 0.05) is 5.97 Å². The molecule has 5 heteroatoms. The minimum atomic E-state index is -0.961. The smallest absolute Gasteiger partial charge is 0.0414 e. The quantitative estimate of drug-likeness (QED) is 0.455. The predicted molar refractivity (Wildman–Crippen MR) is 31.9 cm³/mol. The van der Waals surface area contributed by atoms with Gasteiger partial charge < -0.3 is 34.6 Å². The summed E-state index contributed by atoms with van der Waals surface area (Å²) in [6.45, 7) is 1.80. The van der Waals surface area contributed by atoms with Gasteiger partial charge in [-0.15, -0.1) is 0 Å². The number of carboxylic acid groups (broad SMARTS) is 1. The molecule has 0 rings (SSSR count). The second kappa shape index (κ2) is 15.6. The molecule has 0 amide bonds. The average molecular weight is 159 g/mol. The third-order valence-electron chi connectivity index (χ3n) is 0.454. The van der Waals surface area contributed by atoms with E-state index < -0.39 is 5.97 Å². The van der Waals surface area contributed by atoms with Crippen LogP contribution in [0.5, 0.6) is 0 Å². The number of aliphatic carboxylic acids is 1. The molecule has 60 valence electrons. The van der Waals surface area contributed by atoms with Crippen molar-refractivity contribution in [1.82, 2.24) is 12.3 Å². The summed E-state index contributed by atoms with van der Waals surface area (Å²) in [5.41, 5.74) is 0. The van der Waals surface area contributed by atoms with Gasteiger partial charge in [0.15, 0.2) is 0 Å². The highest BCUT2D eigenvalue weighted by atomic mass is 35.5. The zero-order valence-electron chi connectivity index (χ0n) is 6.11. The largest absolute Gasteiger partial charge is 1.00 e. The fourth-order valence-corrected chi connectivity index (χ4v) is 0.204. The first kappa shape index (κ1) is 23.4. The molecule has 0 saturated heterocycles. The summed E-state index contributed by atoms with van der Waals surface area (Å²) in [6, 6.07) is 0. The van der Waals surface area contributed by atoms with E-state index >= 15 is 0 Å². The van der Waals surface area contributed by atoms with Crippen LogP contribution in [0.25, 0.3) is 0 Å². The lowest BCUT2D eigenvalue weighted by atomic mass is 10.4. The van der Waals surface area contributed by atoms with Crippen LogP contribution in [0.1, 0.15) is 19.8 Å². The maximum absolute atomic E-state index is 9.49. The van der Waals surface area contributed by atoms with Crippen LogP contribution < -0.4 is 29.8 Å². The zero-order chi connectivity index (χ0) is 4.99. The van der Waals surface area contributed by atoms with Gasteiger partial charge in [-0.1, -0.05) is 13.3 Å². The molecule has 0 aliphatic carbocycles. The van der Waals surface area contributed by atoms with Crippen molar-refractivity contribution in [2.24, 2.45) is 0 Å². The minimum Gasteiger partial charge on any atom is -1.00 e. The SMILES string of the molecule is CCCC(=O)[O-].[Cl-].[NH4+].[NH4+]. The number of quaternary nitrogens is 2. The molecule has 0 unspecified atom stereocenters. The van der Waals surface area contributed by atoms with Crippen molar-refractivity contribution >= 4 is 5.97 Å². The summed E-state index contributed by atoms with van der Waals surface area (Å²) in [4.78, 5) is 9.49. The number of hydrogen-bond acceptors (Lipinski definition) is 2. The summed E-state index contributed by atoms with van der Waals surface area (Å²) >= 11 is 0. The highest BCUT2D eigenvalue weighted by molar-refractivity contribution is 5.63. The van der Waals surface area contributed by atoms with Gasteiger partial charge in [0.1, 0.15) is 0 Å². The molecule has 0 aromatic heterocycles. The Bertz CT molecular complexity index is 60.5. The zero-order valence-corrected chi connectivity index (χ0v) is 6.86. The molecule has 0 spiro atoms. The van der Waals surface area contributed by atoms with E-state index in [4.69, 9.17) is 0 Å². The van der Waals surface area contributed by atoms with Crippen molar-refractivity contribution in [2.75, 3.05) is 0 Å². The standard InChI is InChI=1S/C4H8O2.ClH.2H3N/c1-2-3-4(5)6;;;/h2-3H2,1H3,(H,5,6);1H;2*1H3. The first-order valence-corrected chi connectivity index (χ1v) is 1.97. The van der Waals surface area contributed by atoms with E-state index in [-0.39, 0.29) is 31.1 Å². The van der Waals surface area contributed by atoms with E-state index in [0.29, 0.717) is 6.42 Å². The van der Waals surface area contributed by atoms with Gasteiger partial charge in [0.2, 0.25) is 0 Å². The monoisotopic (exact) mass is 158 g/mol. The van der Waals surface area contributed by atoms with E-state index in [1.165, 1.54) is 0 Å². The summed E-state index contributed by atoms with van der Waals surface area (Å²) in [5, 5.41) is 9.49. The number of carboxylic acids is 1. The molecule has 4 nitrogen and oxygen atoms in total. The molecule has 0 atom stereocenters. The van der Waals surface area contributed by atoms with Crippen LogP contribution in [-0.4, -0.2) is 5.97 Å². The minimum absolute atomic E-state index is 0. The van der Waals surface area contributed by atoms with Crippen molar-refractivity contribution < 1.29 is 22.3 Å². The van der Waals surface area contributed by atoms with Gasteiger partial charge in [-0.2, -0.15) is 0 Å². The number of carbonyl (C=O) groups excluding carboxylic acids is 1. The summed E-state index contributed by atoms with van der Waals surface area (Å²) in [5.74, 6) is -0.961. The number of hydrogen-bond donors (Lipinski definition) is 2. The van der Waals surface area contributed by atoms with Gasteiger partial charge in [-0.3, -0.25) is 0 Å². The summed E-state index contributed by atoms with van der Waals surface area (Å²) in [7, 11) is 0. The van der Waals surface area contributed by atoms with Crippen molar-refractivity contribution in [1.29, 1.82) is 0 Å². The van der Waals surface area contributed by atoms with Crippen LogP contribution >= 0.6 is 0 Å². The molecule has 0 bridgehead atoms. The molecule has 0 fully saturated rings. The summed E-state index contributed by atoms with van der Waals surface area (Å²) in [6.07, 6.45) is 0.850. The first-order valence-electron chi connectivity index (χ1n) is 1.97. The van der Waals surface area contributed by atoms with E-state index in [0.717, 1.165) is 0 Å². The Kier molecular flexibility index (Phi) is 40.6. The van der Waals surface area contributed by atoms with Gasteiger partial charge in [-0.05, 0) is 6.42 Å². The molecule has 0 aromatic carbocycles. The van der Waals surface area contributed by atoms with Gasteiger partial charge >= 0.3 is 0 Å². The summed E-state index contributed by atoms with van der Waals surface area (Å²) < 4.78 is 0. The van der Waals surface area contributed by atoms with Crippen LogP contribution in [0.3, 0.4) is 0 Å². The Labute approximate surface area is 61.2 Å². The van der Waals surface area contributed by atoms with Gasteiger partial charge in [0.05, 0.1) is 0 Å². The molecule has 8 N–H and O–H groups in total. The van der Waals surface area contributed by atoms with Crippen LogP contribution in [0.15, 0.2) is 0 Å². The highest BCUT2D eigenvalue weighted by Crippen LogP contribution is 1.79. The Morgan fingerprint density at radius 2 is 1.78 bits per heavy atom. The van der Waals surface area contributed by atoms with E-state index in [1.807, 2.05) is 0 Å². The van der Waals surface area contributed by atoms with Crippen molar-refractivity contribution in [3.05, 3.63) is 0 Å². The second-order valence-corrected chi connectivity index (χ2v) is 1.12. The second-order valence-electron chi connectivity index (χ2n) is 1.12. The molecule has 0 aliphatic rings. The number of rotatable bonds is 2. The lowest BCUT2D eigenvalue weighted by Gasteiger charge is -1.92. The highest BCUT2D eigenvalue weighted by Gasteiger charge is 1.75. The Morgan fingerprint density at radius 3 is 1.78 bits per heavy atom. The molecule has 0 aromatic rings. The number of halogens is 1. The van der Waals surface area contributed by atoms with Crippen LogP contribution in [0.2, 0.25) is 0 Å². The topological polar surface area (TPSA) is 113 Å². The van der Waals surface area contributed by atoms with Gasteiger partial charge in [-0.25, -0.2) is 0 Å². The Hall–Kier alpha value is -0.320. The molecular formula is C4H15ClN2O2. The molecule has 9 heavy (non-hydrogen) atoms. The van der Waals surface area contributed by atoms with Gasteiger partial charge in [0.25, 0.3) is 0 Å². The van der Waals surface area contributed by atoms with Crippen LogP contribution in [0, 0.1) is 0 Å². The fraction of sp³-hybridized carbons (Fsp3) is 0.750. The van der Waals surface area contributed by atoms with E-state index in [1.54, 1.807) is 6.92 Å². The van der Waals surface area contributed by atoms with Crippen LogP contribution in [0.4, 0.5) is 0 Å². The fourth-order valence-electron chi connectivity index (χ4n) is 0.204. The van der Waals surface area contributed by atoms with E-state index in [9.17, 15) is 9.90 Å². The number of carbonyl (C=O) groups is 1. The third kappa shape index (κ3) is 34.5. The first-order chi connectivity index (χ1) is 2.77. The van der Waals surface area contributed by atoms with Crippen molar-refractivity contribution in [3.63, 3.8) is 0 Å². The van der Waals surface area contributed by atoms with E-state index in [2.05, 4.69) is 0 Å². The van der Waals surface area contributed by atoms with Crippen LogP contribution in [-0.2, 0) is 4.79 Å². The van der Waals surface area contributed by atoms with Crippen molar-refractivity contribution in [3.8, 4) is 0 Å². The molecule has 0 aliphatic heterocycles. The molecular weight excluding hydrogens is 144 g/mol. The Morgan fingerprint density at radius 1 is 1.44 bits per heavy atom. The Balaban J connectivity index is -0.0000000417. The maximum Gasteiger partial charge on any atom is 0.0414 e. The predicted octanol–water partition coefficient (Wildman–Crippen LogP) is -2.71. The molecule has 0 saturated carbocycles. The lowest BCUT2D eigenvalue weighted by Crippen LogP contribution is -3.00. The average Bonchev–Trinajstić information content (AvgIpc) is 1.35. The normalized spacial score (nSPS) is 5.44. The van der Waals surface area contributed by atoms with Crippen molar-refractivity contribution in [2.45, 2.75) is 19.8 Å². The molecule has 0 radical (unpaired) electrons. The lowest BCUT2D eigenvalue weighted by molar-refractivity contribution is -0.305. The third-order valence-corrected chi connectivity index (χ3v) is 0.454. The maximum atomic E-state index is 9.49.